The Morgan fingerprint density at radius 3 is 2.20 bits per heavy atom. The molecule has 10 heteroatoms. The molecule has 3 aromatic carbocycles. The van der Waals surface area contributed by atoms with E-state index in [4.69, 9.17) is 32.2 Å². The molecule has 4 rings (SSSR count). The predicted octanol–water partition coefficient (Wildman–Crippen LogP) is 5.06. The number of aromatic nitrogens is 2. The van der Waals surface area contributed by atoms with Gasteiger partial charge in [0.25, 0.3) is 11.5 Å². The van der Waals surface area contributed by atoms with Gasteiger partial charge in [-0.3, -0.25) is 19.1 Å². The van der Waals surface area contributed by atoms with Crippen LogP contribution in [0.5, 0.6) is 11.5 Å². The molecule has 0 aliphatic rings. The molecule has 1 heterocycles. The minimum atomic E-state index is -1.24. The first-order chi connectivity index (χ1) is 19.2. The number of carbonyl (C=O) groups excluding carboxylic acids is 1. The lowest BCUT2D eigenvalue weighted by Gasteiger charge is -2.25. The molecule has 0 spiro atoms. The van der Waals surface area contributed by atoms with Crippen LogP contribution in [0.25, 0.3) is 0 Å². The lowest BCUT2D eigenvalue weighted by Crippen LogP contribution is -2.41. The molecule has 0 aliphatic carbocycles. The highest BCUT2D eigenvalue weighted by Crippen LogP contribution is 2.30. The average molecular weight is 561 g/mol. The van der Waals surface area contributed by atoms with Crippen LogP contribution in [0, 0.1) is 4.77 Å². The summed E-state index contributed by atoms with van der Waals surface area (Å²) < 4.78 is 19.0. The van der Waals surface area contributed by atoms with Gasteiger partial charge in [0, 0.05) is 0 Å². The molecule has 0 unspecified atom stereocenters. The summed E-state index contributed by atoms with van der Waals surface area (Å²) in [6.45, 7) is 4.05. The van der Waals surface area contributed by atoms with E-state index in [0.29, 0.717) is 18.1 Å². The highest BCUT2D eigenvalue weighted by Gasteiger charge is 2.30. The standard InChI is InChI=1S/C30H32N4O5S/c1-30(2,39-19-21-12-8-5-9-13-21)28(36)32-25-26(31)34(29(40)33-27(25)35)17-22-14-15-23(37-3)24(16-22)38-18-20-10-6-4-7-11-20/h4-16H,17-19,31H2,1-3H3,(H,32,36)(H,33,35,40). The smallest absolute Gasteiger partial charge is 0.277 e. The van der Waals surface area contributed by atoms with E-state index >= 15 is 0 Å². The lowest BCUT2D eigenvalue weighted by atomic mass is 10.1. The van der Waals surface area contributed by atoms with E-state index in [1.165, 1.54) is 4.57 Å². The van der Waals surface area contributed by atoms with Crippen LogP contribution in [-0.2, 0) is 29.3 Å². The topological polar surface area (TPSA) is 121 Å². The van der Waals surface area contributed by atoms with Crippen LogP contribution in [0.3, 0.4) is 0 Å². The fraction of sp³-hybridized carbons (Fsp3) is 0.233. The van der Waals surface area contributed by atoms with Crippen molar-refractivity contribution in [3.05, 3.63) is 111 Å². The largest absolute Gasteiger partial charge is 0.493 e. The number of nitrogens with zero attached hydrogens (tertiary/aromatic N) is 1. The zero-order chi connectivity index (χ0) is 28.7. The van der Waals surface area contributed by atoms with Gasteiger partial charge < -0.3 is 25.3 Å². The van der Waals surface area contributed by atoms with Gasteiger partial charge in [-0.2, -0.15) is 0 Å². The Hall–Kier alpha value is -4.41. The van der Waals surface area contributed by atoms with Crippen LogP contribution >= 0.6 is 12.2 Å². The number of nitrogens with one attached hydrogen (secondary N) is 2. The van der Waals surface area contributed by atoms with Crippen LogP contribution in [-0.4, -0.2) is 28.2 Å². The Kier molecular flexibility index (Phi) is 9.03. The minimum absolute atomic E-state index is 0.0172. The Balaban J connectivity index is 1.54. The van der Waals surface area contributed by atoms with Gasteiger partial charge in [0.15, 0.2) is 16.3 Å². The predicted molar refractivity (Wildman–Crippen MR) is 157 cm³/mol. The molecule has 4 N–H and O–H groups in total. The second kappa shape index (κ2) is 12.6. The number of rotatable bonds is 11. The molecule has 0 saturated heterocycles. The number of nitrogens with two attached hydrogens (primary N) is 1. The summed E-state index contributed by atoms with van der Waals surface area (Å²) in [5.41, 5.74) is 7.15. The van der Waals surface area contributed by atoms with Crippen molar-refractivity contribution in [1.82, 2.24) is 9.55 Å². The first kappa shape index (κ1) is 28.6. The van der Waals surface area contributed by atoms with Crippen molar-refractivity contribution in [3.63, 3.8) is 0 Å². The molecule has 40 heavy (non-hydrogen) atoms. The average Bonchev–Trinajstić information content (AvgIpc) is 2.96. The van der Waals surface area contributed by atoms with E-state index in [-0.39, 0.29) is 29.4 Å². The van der Waals surface area contributed by atoms with Gasteiger partial charge in [-0.05, 0) is 54.9 Å². The molecule has 1 amide bonds. The third-order valence-corrected chi connectivity index (χ3v) is 6.60. The maximum Gasteiger partial charge on any atom is 0.277 e. The number of hydrogen-bond donors (Lipinski definition) is 3. The molecule has 208 valence electrons. The van der Waals surface area contributed by atoms with E-state index in [0.717, 1.165) is 16.7 Å². The van der Waals surface area contributed by atoms with Gasteiger partial charge in [0.05, 0.1) is 20.3 Å². The molecule has 4 aromatic rings. The molecule has 0 bridgehead atoms. The lowest BCUT2D eigenvalue weighted by molar-refractivity contribution is -0.138. The molecular formula is C30H32N4O5S. The third-order valence-electron chi connectivity index (χ3n) is 6.27. The summed E-state index contributed by atoms with van der Waals surface area (Å²) in [7, 11) is 1.57. The molecule has 1 aromatic heterocycles. The summed E-state index contributed by atoms with van der Waals surface area (Å²) >= 11 is 5.40. The SMILES string of the molecule is COc1ccc(Cn2c(N)c(NC(=O)C(C)(C)OCc3ccccc3)c(=O)[nH]c2=S)cc1OCc1ccccc1. The van der Waals surface area contributed by atoms with Crippen molar-refractivity contribution in [1.29, 1.82) is 0 Å². The number of aromatic amines is 1. The molecule has 0 fully saturated rings. The number of carbonyl (C=O) groups is 1. The van der Waals surface area contributed by atoms with E-state index in [2.05, 4.69) is 10.3 Å². The molecule has 0 atom stereocenters. The summed E-state index contributed by atoms with van der Waals surface area (Å²) in [4.78, 5) is 28.5. The Morgan fingerprint density at radius 2 is 1.57 bits per heavy atom. The normalized spacial score (nSPS) is 11.2. The Bertz CT molecular complexity index is 1580. The van der Waals surface area contributed by atoms with Crippen LogP contribution in [0.2, 0.25) is 0 Å². The zero-order valence-electron chi connectivity index (χ0n) is 22.6. The van der Waals surface area contributed by atoms with Crippen molar-refractivity contribution in [3.8, 4) is 11.5 Å². The number of hydrogen-bond acceptors (Lipinski definition) is 7. The zero-order valence-corrected chi connectivity index (χ0v) is 23.4. The number of benzene rings is 3. The highest BCUT2D eigenvalue weighted by atomic mass is 32.1. The van der Waals surface area contributed by atoms with Gasteiger partial charge in [0.2, 0.25) is 0 Å². The summed E-state index contributed by atoms with van der Waals surface area (Å²) in [6, 6.07) is 24.7. The first-order valence-corrected chi connectivity index (χ1v) is 13.0. The molecule has 0 aliphatic heterocycles. The fourth-order valence-corrected chi connectivity index (χ4v) is 4.14. The number of ether oxygens (including phenoxy) is 3. The Labute approximate surface area is 237 Å². The van der Waals surface area contributed by atoms with Crippen molar-refractivity contribution in [2.75, 3.05) is 18.2 Å². The second-order valence-electron chi connectivity index (χ2n) is 9.60. The summed E-state index contributed by atoms with van der Waals surface area (Å²) in [6.07, 6.45) is 0. The van der Waals surface area contributed by atoms with Gasteiger partial charge >= 0.3 is 0 Å². The number of amides is 1. The first-order valence-electron chi connectivity index (χ1n) is 12.6. The number of methoxy groups -OCH3 is 1. The Morgan fingerprint density at radius 1 is 0.950 bits per heavy atom. The van der Waals surface area contributed by atoms with Gasteiger partial charge in [-0.15, -0.1) is 0 Å². The van der Waals surface area contributed by atoms with Crippen molar-refractivity contribution in [2.24, 2.45) is 0 Å². The highest BCUT2D eigenvalue weighted by molar-refractivity contribution is 7.71. The summed E-state index contributed by atoms with van der Waals surface area (Å²) in [5, 5.41) is 2.63. The molecular weight excluding hydrogens is 528 g/mol. The maximum atomic E-state index is 13.1. The van der Waals surface area contributed by atoms with Crippen molar-refractivity contribution < 1.29 is 19.0 Å². The molecule has 0 saturated carbocycles. The van der Waals surface area contributed by atoms with Crippen molar-refractivity contribution in [2.45, 2.75) is 39.2 Å². The number of H-pyrrole nitrogens is 1. The van der Waals surface area contributed by atoms with Crippen LogP contribution in [0.15, 0.2) is 83.7 Å². The van der Waals surface area contributed by atoms with Gasteiger partial charge in [-0.25, -0.2) is 0 Å². The second-order valence-corrected chi connectivity index (χ2v) is 9.99. The van der Waals surface area contributed by atoms with Crippen LogP contribution in [0.4, 0.5) is 11.5 Å². The van der Waals surface area contributed by atoms with Crippen molar-refractivity contribution >= 4 is 29.6 Å². The minimum Gasteiger partial charge on any atom is -0.493 e. The van der Waals surface area contributed by atoms with E-state index in [1.807, 2.05) is 72.8 Å². The van der Waals surface area contributed by atoms with Gasteiger partial charge in [0.1, 0.15) is 23.7 Å². The van der Waals surface area contributed by atoms with Crippen LogP contribution < -0.4 is 26.1 Å². The number of anilines is 2. The van der Waals surface area contributed by atoms with E-state index in [9.17, 15) is 9.59 Å². The van der Waals surface area contributed by atoms with Crippen LogP contribution in [0.1, 0.15) is 30.5 Å². The summed E-state index contributed by atoms with van der Waals surface area (Å²) in [5.74, 6) is 0.612. The monoisotopic (exact) mass is 560 g/mol. The third kappa shape index (κ3) is 6.96. The maximum absolute atomic E-state index is 13.1. The molecule has 0 radical (unpaired) electrons. The number of nitrogen functional groups attached to an aromatic ring is 1. The molecule has 9 nitrogen and oxygen atoms in total. The van der Waals surface area contributed by atoms with E-state index < -0.39 is 17.1 Å². The quantitative estimate of drug-likeness (QED) is 0.219. The fourth-order valence-electron chi connectivity index (χ4n) is 3.88. The van der Waals surface area contributed by atoms with Gasteiger partial charge in [-0.1, -0.05) is 66.7 Å². The van der Waals surface area contributed by atoms with E-state index in [1.54, 1.807) is 27.0 Å².